The number of amidine groups is 1. The second-order valence-corrected chi connectivity index (χ2v) is 5.41. The Morgan fingerprint density at radius 2 is 2.19 bits per heavy atom. The van der Waals surface area contributed by atoms with Crippen molar-refractivity contribution >= 4 is 22.2 Å². The van der Waals surface area contributed by atoms with Crippen LogP contribution in [0.3, 0.4) is 0 Å². The van der Waals surface area contributed by atoms with Gasteiger partial charge in [0.25, 0.3) is 0 Å². The third-order valence-corrected chi connectivity index (χ3v) is 4.48. The molecule has 2 heterocycles. The molecule has 5 heteroatoms. The van der Waals surface area contributed by atoms with E-state index in [1.807, 2.05) is 11.3 Å². The van der Waals surface area contributed by atoms with Gasteiger partial charge in [-0.15, -0.1) is 11.3 Å². The van der Waals surface area contributed by atoms with Crippen LogP contribution < -0.4 is 16.8 Å². The van der Waals surface area contributed by atoms with Crippen LogP contribution in [0.4, 0.5) is 5.00 Å². The van der Waals surface area contributed by atoms with Crippen molar-refractivity contribution in [2.24, 2.45) is 16.5 Å². The van der Waals surface area contributed by atoms with Gasteiger partial charge in [0.2, 0.25) is 0 Å². The van der Waals surface area contributed by atoms with Gasteiger partial charge in [-0.25, -0.2) is 4.99 Å². The van der Waals surface area contributed by atoms with E-state index in [0.717, 1.165) is 12.3 Å². The molecule has 0 unspecified atom stereocenters. The van der Waals surface area contributed by atoms with E-state index < -0.39 is 0 Å². The number of nitrogens with one attached hydrogen (secondary N) is 1. The molecule has 0 radical (unpaired) electrons. The van der Waals surface area contributed by atoms with Gasteiger partial charge in [-0.1, -0.05) is 0 Å². The zero-order chi connectivity index (χ0) is 11.1. The van der Waals surface area contributed by atoms with Gasteiger partial charge in [-0.05, 0) is 31.2 Å². The highest BCUT2D eigenvalue weighted by Gasteiger charge is 2.27. The van der Waals surface area contributed by atoms with Gasteiger partial charge < -0.3 is 16.8 Å². The van der Waals surface area contributed by atoms with Crippen molar-refractivity contribution in [2.45, 2.75) is 31.8 Å². The van der Waals surface area contributed by atoms with E-state index in [-0.39, 0.29) is 6.17 Å². The van der Waals surface area contributed by atoms with Gasteiger partial charge in [0.1, 0.15) is 17.0 Å². The van der Waals surface area contributed by atoms with Gasteiger partial charge in [0.05, 0.1) is 6.54 Å². The fourth-order valence-electron chi connectivity index (χ4n) is 2.50. The van der Waals surface area contributed by atoms with E-state index in [2.05, 4.69) is 10.3 Å². The van der Waals surface area contributed by atoms with Gasteiger partial charge in [0.15, 0.2) is 0 Å². The average molecular weight is 236 g/mol. The largest absolute Gasteiger partial charge is 0.334 e. The summed E-state index contributed by atoms with van der Waals surface area (Å²) < 4.78 is 0. The summed E-state index contributed by atoms with van der Waals surface area (Å²) in [6, 6.07) is 0. The van der Waals surface area contributed by atoms with Crippen LogP contribution in [0.5, 0.6) is 0 Å². The lowest BCUT2D eigenvalue weighted by Gasteiger charge is -2.21. The SMILES string of the molecule is NCC1=N[C@H](N)c2c(sc3c2CCCC3)N1. The van der Waals surface area contributed by atoms with Crippen molar-refractivity contribution in [1.82, 2.24) is 0 Å². The number of nitrogens with two attached hydrogens (primary N) is 2. The highest BCUT2D eigenvalue weighted by molar-refractivity contribution is 7.16. The molecule has 2 aliphatic rings. The Morgan fingerprint density at radius 1 is 1.38 bits per heavy atom. The molecule has 4 nitrogen and oxygen atoms in total. The first-order chi connectivity index (χ1) is 7.79. The van der Waals surface area contributed by atoms with Crippen LogP contribution >= 0.6 is 11.3 Å². The summed E-state index contributed by atoms with van der Waals surface area (Å²) in [6.07, 6.45) is 4.71. The molecule has 0 amide bonds. The number of rotatable bonds is 1. The van der Waals surface area contributed by atoms with Crippen molar-refractivity contribution in [3.8, 4) is 0 Å². The number of thiophene rings is 1. The minimum Gasteiger partial charge on any atom is -0.334 e. The van der Waals surface area contributed by atoms with E-state index in [4.69, 9.17) is 11.5 Å². The molecule has 0 fully saturated rings. The van der Waals surface area contributed by atoms with Crippen molar-refractivity contribution in [2.75, 3.05) is 11.9 Å². The quantitative estimate of drug-likeness (QED) is 0.689. The summed E-state index contributed by atoms with van der Waals surface area (Å²) in [5.74, 6) is 0.804. The normalized spacial score (nSPS) is 23.1. The first kappa shape index (κ1) is 10.3. The molecule has 86 valence electrons. The predicted molar refractivity (Wildman–Crippen MR) is 68.0 cm³/mol. The van der Waals surface area contributed by atoms with Gasteiger partial charge >= 0.3 is 0 Å². The Hall–Kier alpha value is -0.910. The molecule has 5 N–H and O–H groups in total. The van der Waals surface area contributed by atoms with Crippen molar-refractivity contribution in [1.29, 1.82) is 0 Å². The van der Waals surface area contributed by atoms with Crippen molar-refractivity contribution in [3.05, 3.63) is 16.0 Å². The minimum atomic E-state index is -0.215. The molecule has 1 aliphatic carbocycles. The summed E-state index contributed by atoms with van der Waals surface area (Å²) >= 11 is 1.83. The van der Waals surface area contributed by atoms with Crippen LogP contribution in [0.2, 0.25) is 0 Å². The summed E-state index contributed by atoms with van der Waals surface area (Å²) in [5.41, 5.74) is 14.4. The van der Waals surface area contributed by atoms with E-state index in [1.54, 1.807) is 0 Å². The highest BCUT2D eigenvalue weighted by atomic mass is 32.1. The maximum Gasteiger partial charge on any atom is 0.128 e. The lowest BCUT2D eigenvalue weighted by atomic mass is 9.94. The van der Waals surface area contributed by atoms with Crippen LogP contribution in [-0.2, 0) is 12.8 Å². The monoisotopic (exact) mass is 236 g/mol. The Kier molecular flexibility index (Phi) is 2.46. The van der Waals surface area contributed by atoms with Crippen LogP contribution in [0.25, 0.3) is 0 Å². The van der Waals surface area contributed by atoms with Crippen molar-refractivity contribution in [3.63, 3.8) is 0 Å². The Balaban J connectivity index is 2.05. The molecule has 0 spiro atoms. The minimum absolute atomic E-state index is 0.215. The first-order valence-electron chi connectivity index (χ1n) is 5.73. The highest BCUT2D eigenvalue weighted by Crippen LogP contribution is 2.42. The summed E-state index contributed by atoms with van der Waals surface area (Å²) in [5, 5.41) is 4.47. The molecule has 0 bridgehead atoms. The molecule has 1 aromatic heterocycles. The summed E-state index contributed by atoms with van der Waals surface area (Å²) in [7, 11) is 0. The summed E-state index contributed by atoms with van der Waals surface area (Å²) in [6.45, 7) is 0.426. The number of aliphatic imine (C=N–C) groups is 1. The van der Waals surface area contributed by atoms with E-state index >= 15 is 0 Å². The zero-order valence-electron chi connectivity index (χ0n) is 9.12. The molecule has 3 rings (SSSR count). The Bertz CT molecular complexity index is 449. The fourth-order valence-corrected chi connectivity index (χ4v) is 3.85. The topological polar surface area (TPSA) is 76.4 Å². The number of nitrogens with zero attached hydrogens (tertiary/aromatic N) is 1. The maximum absolute atomic E-state index is 6.10. The Morgan fingerprint density at radius 3 is 3.00 bits per heavy atom. The van der Waals surface area contributed by atoms with Crippen LogP contribution in [-0.4, -0.2) is 12.4 Å². The van der Waals surface area contributed by atoms with Crippen molar-refractivity contribution < 1.29 is 0 Å². The molecule has 1 atom stereocenters. The van der Waals surface area contributed by atoms with Gasteiger partial charge in [0, 0.05) is 10.4 Å². The molecule has 16 heavy (non-hydrogen) atoms. The Labute approximate surface area is 98.7 Å². The van der Waals surface area contributed by atoms with Crippen LogP contribution in [0.1, 0.15) is 35.0 Å². The number of hydrogen-bond donors (Lipinski definition) is 3. The van der Waals surface area contributed by atoms with Crippen LogP contribution in [0, 0.1) is 0 Å². The average Bonchev–Trinajstić information content (AvgIpc) is 2.67. The van der Waals surface area contributed by atoms with E-state index in [0.29, 0.717) is 6.54 Å². The van der Waals surface area contributed by atoms with Crippen LogP contribution in [0.15, 0.2) is 4.99 Å². The predicted octanol–water partition coefficient (Wildman–Crippen LogP) is 1.37. The lowest BCUT2D eigenvalue weighted by Crippen LogP contribution is -2.29. The number of hydrogen-bond acceptors (Lipinski definition) is 5. The molecular weight excluding hydrogens is 220 g/mol. The fraction of sp³-hybridized carbons (Fsp3) is 0.545. The third kappa shape index (κ3) is 1.47. The second kappa shape index (κ2) is 3.84. The maximum atomic E-state index is 6.10. The standard InChI is InChI=1S/C11H16N4S/c12-5-8-14-10(13)9-6-3-1-2-4-7(6)16-11(9)15-8/h10H,1-5,12-13H2,(H,14,15)/t10-/m0/s1. The van der Waals surface area contributed by atoms with Gasteiger partial charge in [-0.3, -0.25) is 0 Å². The first-order valence-corrected chi connectivity index (χ1v) is 6.55. The molecule has 0 aromatic carbocycles. The molecular formula is C11H16N4S. The molecule has 0 saturated carbocycles. The second-order valence-electron chi connectivity index (χ2n) is 4.30. The number of aryl methyl sites for hydroxylation is 1. The smallest absolute Gasteiger partial charge is 0.128 e. The third-order valence-electron chi connectivity index (χ3n) is 3.25. The number of anilines is 1. The van der Waals surface area contributed by atoms with E-state index in [1.165, 1.54) is 40.3 Å². The lowest BCUT2D eigenvalue weighted by molar-refractivity contribution is 0.673. The molecule has 1 aromatic rings. The van der Waals surface area contributed by atoms with Gasteiger partial charge in [-0.2, -0.15) is 0 Å². The number of fused-ring (bicyclic) bond motifs is 3. The molecule has 0 saturated heterocycles. The zero-order valence-corrected chi connectivity index (χ0v) is 9.94. The molecule has 1 aliphatic heterocycles. The van der Waals surface area contributed by atoms with E-state index in [9.17, 15) is 0 Å². The summed E-state index contributed by atoms with van der Waals surface area (Å²) in [4.78, 5) is 5.88.